The molecule has 0 radical (unpaired) electrons. The third-order valence-electron chi connectivity index (χ3n) is 3.10. The standard InChI is InChI=1S/C16H16Cl2N2O3S/c1-8(2)13-6-10(15(19)22)16(24-13)20-14(21)7-23-9-3-4-11(17)12(18)5-9/h3-6,8H,7H2,1-2H3,(H2,19,22)(H,20,21). The first-order valence-electron chi connectivity index (χ1n) is 7.09. The fourth-order valence-corrected chi connectivity index (χ4v) is 3.22. The van der Waals surface area contributed by atoms with Gasteiger partial charge in [0.25, 0.3) is 11.8 Å². The van der Waals surface area contributed by atoms with E-state index in [0.717, 1.165) is 4.88 Å². The number of amides is 2. The van der Waals surface area contributed by atoms with Gasteiger partial charge in [0.1, 0.15) is 10.8 Å². The highest BCUT2D eigenvalue weighted by Gasteiger charge is 2.17. The zero-order chi connectivity index (χ0) is 17.9. The van der Waals surface area contributed by atoms with Crippen LogP contribution in [-0.4, -0.2) is 18.4 Å². The van der Waals surface area contributed by atoms with Crippen LogP contribution < -0.4 is 15.8 Å². The first kappa shape index (κ1) is 18.6. The van der Waals surface area contributed by atoms with E-state index >= 15 is 0 Å². The Kier molecular flexibility index (Phi) is 6.10. The summed E-state index contributed by atoms with van der Waals surface area (Å²) in [4.78, 5) is 24.5. The van der Waals surface area contributed by atoms with E-state index in [0.29, 0.717) is 26.4 Å². The number of carbonyl (C=O) groups is 2. The predicted octanol–water partition coefficient (Wildman–Crippen LogP) is 4.29. The van der Waals surface area contributed by atoms with Crippen LogP contribution in [0.15, 0.2) is 24.3 Å². The summed E-state index contributed by atoms with van der Waals surface area (Å²) in [5, 5.41) is 3.82. The molecule has 2 aromatic rings. The van der Waals surface area contributed by atoms with E-state index in [2.05, 4.69) is 5.32 Å². The van der Waals surface area contributed by atoms with Gasteiger partial charge in [0.2, 0.25) is 0 Å². The SMILES string of the molecule is CC(C)c1cc(C(N)=O)c(NC(=O)COc2ccc(Cl)c(Cl)c2)s1. The van der Waals surface area contributed by atoms with E-state index in [-0.39, 0.29) is 12.5 Å². The van der Waals surface area contributed by atoms with Crippen LogP contribution in [0.25, 0.3) is 0 Å². The second kappa shape index (κ2) is 7.88. The fourth-order valence-electron chi connectivity index (χ4n) is 1.85. The number of rotatable bonds is 6. The Balaban J connectivity index is 2.04. The van der Waals surface area contributed by atoms with Gasteiger partial charge in [-0.05, 0) is 24.1 Å². The summed E-state index contributed by atoms with van der Waals surface area (Å²) >= 11 is 13.0. The number of benzene rings is 1. The zero-order valence-corrected chi connectivity index (χ0v) is 15.4. The summed E-state index contributed by atoms with van der Waals surface area (Å²) in [6.07, 6.45) is 0. The quantitative estimate of drug-likeness (QED) is 0.776. The van der Waals surface area contributed by atoms with Crippen molar-refractivity contribution >= 4 is 51.4 Å². The minimum absolute atomic E-state index is 0.228. The summed E-state index contributed by atoms with van der Waals surface area (Å²) in [5.74, 6) is -0.338. The van der Waals surface area contributed by atoms with Gasteiger partial charge in [-0.15, -0.1) is 11.3 Å². The Morgan fingerprint density at radius 2 is 1.96 bits per heavy atom. The first-order chi connectivity index (χ1) is 11.3. The molecule has 1 aromatic carbocycles. The van der Waals surface area contributed by atoms with Crippen LogP contribution in [0.5, 0.6) is 5.75 Å². The lowest BCUT2D eigenvalue weighted by Crippen LogP contribution is -2.21. The average Bonchev–Trinajstić information content (AvgIpc) is 2.93. The molecule has 128 valence electrons. The number of nitrogens with two attached hydrogens (primary N) is 1. The average molecular weight is 387 g/mol. The fraction of sp³-hybridized carbons (Fsp3) is 0.250. The van der Waals surface area contributed by atoms with Gasteiger partial charge in [-0.2, -0.15) is 0 Å². The number of primary amides is 1. The molecule has 0 bridgehead atoms. The predicted molar refractivity (Wildman–Crippen MR) is 97.5 cm³/mol. The molecule has 0 unspecified atom stereocenters. The van der Waals surface area contributed by atoms with Crippen molar-refractivity contribution in [2.75, 3.05) is 11.9 Å². The van der Waals surface area contributed by atoms with Gasteiger partial charge in [0, 0.05) is 10.9 Å². The Hall–Kier alpha value is -1.76. The Bertz CT molecular complexity index is 775. The number of ether oxygens (including phenoxy) is 1. The van der Waals surface area contributed by atoms with Crippen LogP contribution in [0.4, 0.5) is 5.00 Å². The minimum atomic E-state index is -0.584. The molecule has 3 N–H and O–H groups in total. The molecule has 0 atom stereocenters. The highest BCUT2D eigenvalue weighted by Crippen LogP contribution is 2.32. The second-order valence-corrected chi connectivity index (χ2v) is 7.22. The Labute approximate surface area is 153 Å². The summed E-state index contributed by atoms with van der Waals surface area (Å²) in [7, 11) is 0. The first-order valence-corrected chi connectivity index (χ1v) is 8.66. The topological polar surface area (TPSA) is 81.4 Å². The third-order valence-corrected chi connectivity index (χ3v) is 5.19. The van der Waals surface area contributed by atoms with E-state index in [1.54, 1.807) is 18.2 Å². The molecule has 0 aliphatic carbocycles. The number of carbonyl (C=O) groups excluding carboxylic acids is 2. The molecular formula is C16H16Cl2N2O3S. The Morgan fingerprint density at radius 3 is 2.54 bits per heavy atom. The van der Waals surface area contributed by atoms with Gasteiger partial charge < -0.3 is 15.8 Å². The highest BCUT2D eigenvalue weighted by molar-refractivity contribution is 7.16. The van der Waals surface area contributed by atoms with Crippen molar-refractivity contribution in [1.82, 2.24) is 0 Å². The molecule has 0 saturated carbocycles. The van der Waals surface area contributed by atoms with Crippen molar-refractivity contribution in [3.63, 3.8) is 0 Å². The molecule has 0 aliphatic heterocycles. The van der Waals surface area contributed by atoms with E-state index in [4.69, 9.17) is 33.7 Å². The smallest absolute Gasteiger partial charge is 0.262 e. The molecule has 1 aromatic heterocycles. The van der Waals surface area contributed by atoms with Crippen molar-refractivity contribution in [3.05, 3.63) is 44.8 Å². The van der Waals surface area contributed by atoms with E-state index in [1.165, 1.54) is 17.4 Å². The highest BCUT2D eigenvalue weighted by atomic mass is 35.5. The lowest BCUT2D eigenvalue weighted by atomic mass is 10.1. The largest absolute Gasteiger partial charge is 0.484 e. The van der Waals surface area contributed by atoms with Gasteiger partial charge in [0.15, 0.2) is 6.61 Å². The van der Waals surface area contributed by atoms with Gasteiger partial charge in [-0.3, -0.25) is 9.59 Å². The molecule has 1 heterocycles. The van der Waals surface area contributed by atoms with Crippen LogP contribution in [0.1, 0.15) is 35.0 Å². The molecule has 5 nitrogen and oxygen atoms in total. The summed E-state index contributed by atoms with van der Waals surface area (Å²) in [6, 6.07) is 6.41. The van der Waals surface area contributed by atoms with E-state index in [1.807, 2.05) is 13.8 Å². The van der Waals surface area contributed by atoms with Crippen LogP contribution in [0.3, 0.4) is 0 Å². The number of thiophene rings is 1. The normalized spacial score (nSPS) is 10.7. The molecule has 0 fully saturated rings. The number of nitrogens with one attached hydrogen (secondary N) is 1. The lowest BCUT2D eigenvalue weighted by Gasteiger charge is -2.08. The number of hydrogen-bond acceptors (Lipinski definition) is 4. The number of anilines is 1. The van der Waals surface area contributed by atoms with E-state index < -0.39 is 11.8 Å². The van der Waals surface area contributed by atoms with Crippen molar-refractivity contribution in [2.45, 2.75) is 19.8 Å². The second-order valence-electron chi connectivity index (χ2n) is 5.32. The van der Waals surface area contributed by atoms with Crippen molar-refractivity contribution in [1.29, 1.82) is 0 Å². The van der Waals surface area contributed by atoms with Crippen molar-refractivity contribution in [3.8, 4) is 5.75 Å². The van der Waals surface area contributed by atoms with Crippen LogP contribution in [-0.2, 0) is 4.79 Å². The molecule has 0 aliphatic rings. The maximum Gasteiger partial charge on any atom is 0.262 e. The summed E-state index contributed by atoms with van der Waals surface area (Å²) in [6.45, 7) is 3.76. The maximum atomic E-state index is 12.1. The summed E-state index contributed by atoms with van der Waals surface area (Å²) < 4.78 is 5.36. The van der Waals surface area contributed by atoms with Crippen LogP contribution in [0.2, 0.25) is 10.0 Å². The third kappa shape index (κ3) is 4.63. The van der Waals surface area contributed by atoms with Crippen molar-refractivity contribution < 1.29 is 14.3 Å². The number of halogens is 2. The van der Waals surface area contributed by atoms with Crippen LogP contribution >= 0.6 is 34.5 Å². The monoisotopic (exact) mass is 386 g/mol. The van der Waals surface area contributed by atoms with Crippen molar-refractivity contribution in [2.24, 2.45) is 5.73 Å². The molecule has 2 rings (SSSR count). The molecule has 0 spiro atoms. The molecule has 24 heavy (non-hydrogen) atoms. The van der Waals surface area contributed by atoms with Gasteiger partial charge >= 0.3 is 0 Å². The molecule has 0 saturated heterocycles. The van der Waals surface area contributed by atoms with Gasteiger partial charge in [0.05, 0.1) is 15.6 Å². The summed E-state index contributed by atoms with van der Waals surface area (Å²) in [5.41, 5.74) is 5.66. The molecule has 2 amide bonds. The Morgan fingerprint density at radius 1 is 1.25 bits per heavy atom. The van der Waals surface area contributed by atoms with Crippen LogP contribution in [0, 0.1) is 0 Å². The van der Waals surface area contributed by atoms with E-state index in [9.17, 15) is 9.59 Å². The molecular weight excluding hydrogens is 371 g/mol. The van der Waals surface area contributed by atoms with Gasteiger partial charge in [-0.25, -0.2) is 0 Å². The number of hydrogen-bond donors (Lipinski definition) is 2. The minimum Gasteiger partial charge on any atom is -0.484 e. The zero-order valence-electron chi connectivity index (χ0n) is 13.1. The lowest BCUT2D eigenvalue weighted by molar-refractivity contribution is -0.118. The maximum absolute atomic E-state index is 12.1. The van der Waals surface area contributed by atoms with Gasteiger partial charge in [-0.1, -0.05) is 37.0 Å². The molecule has 8 heteroatoms.